The van der Waals surface area contributed by atoms with Crippen molar-refractivity contribution in [3.63, 3.8) is 0 Å². The molecule has 2 aliphatic carbocycles. The number of hydrogen-bond donors (Lipinski definition) is 1. The van der Waals surface area contributed by atoms with Crippen LogP contribution in [-0.2, 0) is 19.4 Å². The third-order valence-electron chi connectivity index (χ3n) is 8.66. The van der Waals surface area contributed by atoms with Gasteiger partial charge in [0.15, 0.2) is 11.5 Å². The van der Waals surface area contributed by atoms with Crippen LogP contribution in [0.3, 0.4) is 0 Å². The third-order valence-corrected chi connectivity index (χ3v) is 8.66. The minimum Gasteiger partial charge on any atom is -0.387 e. The number of benzene rings is 3. The van der Waals surface area contributed by atoms with Crippen molar-refractivity contribution in [3.05, 3.63) is 141 Å². The van der Waals surface area contributed by atoms with Gasteiger partial charge in [-0.25, -0.2) is 15.0 Å². The second-order valence-corrected chi connectivity index (χ2v) is 11.5. The van der Waals surface area contributed by atoms with Crippen LogP contribution in [0.5, 0.6) is 0 Å². The fraction of sp³-hybridized carbons (Fsp3) is 0.158. The molecule has 9 rings (SSSR count). The van der Waals surface area contributed by atoms with Crippen LogP contribution in [0.25, 0.3) is 45.6 Å². The first-order valence-corrected chi connectivity index (χ1v) is 15.3. The number of pyridine rings is 1. The molecule has 6 aromatic rings. The predicted molar refractivity (Wildman–Crippen MR) is 177 cm³/mol. The monoisotopic (exact) mass is 572 g/mol. The quantitative estimate of drug-likeness (QED) is 0.304. The maximum Gasteiger partial charge on any atom is 0.164 e. The van der Waals surface area contributed by atoms with Gasteiger partial charge >= 0.3 is 0 Å². The number of nitrogens with one attached hydrogen (secondary N) is 1. The molecule has 0 bridgehead atoms. The Morgan fingerprint density at radius 2 is 1.80 bits per heavy atom. The van der Waals surface area contributed by atoms with Gasteiger partial charge in [0.2, 0.25) is 0 Å². The molecule has 6 heteroatoms. The normalized spacial score (nSPS) is 14.4. The summed E-state index contributed by atoms with van der Waals surface area (Å²) in [7, 11) is 0. The number of allylic oxidation sites excluding steroid dienone is 2. The predicted octanol–water partition coefficient (Wildman–Crippen LogP) is 5.49. The number of rotatable bonds is 3. The highest BCUT2D eigenvalue weighted by Gasteiger charge is 2.13. The van der Waals surface area contributed by atoms with E-state index in [2.05, 4.69) is 97.7 Å². The molecule has 0 saturated heterocycles. The average molecular weight is 573 g/mol. The Morgan fingerprint density at radius 1 is 0.818 bits per heavy atom. The summed E-state index contributed by atoms with van der Waals surface area (Å²) < 4.78 is 2.10. The molecule has 0 unspecified atom stereocenters. The summed E-state index contributed by atoms with van der Waals surface area (Å²) in [5.41, 5.74) is 7.91. The van der Waals surface area contributed by atoms with Crippen LogP contribution >= 0.6 is 0 Å². The van der Waals surface area contributed by atoms with Gasteiger partial charge in [-0.1, -0.05) is 60.7 Å². The highest BCUT2D eigenvalue weighted by atomic mass is 15.1. The van der Waals surface area contributed by atoms with Crippen LogP contribution in [0.4, 0.5) is 0 Å². The van der Waals surface area contributed by atoms with E-state index in [-0.39, 0.29) is 0 Å². The van der Waals surface area contributed by atoms with Crippen LogP contribution in [0.15, 0.2) is 104 Å². The zero-order valence-corrected chi connectivity index (χ0v) is 24.4. The van der Waals surface area contributed by atoms with Crippen LogP contribution in [-0.4, -0.2) is 31.0 Å². The largest absolute Gasteiger partial charge is 0.387 e. The van der Waals surface area contributed by atoms with Gasteiger partial charge in [0, 0.05) is 23.7 Å². The lowest BCUT2D eigenvalue weighted by atomic mass is 9.88. The average Bonchev–Trinajstić information content (AvgIpc) is 3.50. The van der Waals surface area contributed by atoms with Crippen molar-refractivity contribution in [2.75, 3.05) is 6.54 Å². The van der Waals surface area contributed by atoms with Crippen LogP contribution in [0.2, 0.25) is 0 Å². The van der Waals surface area contributed by atoms with E-state index in [0.29, 0.717) is 6.54 Å². The van der Waals surface area contributed by atoms with Crippen molar-refractivity contribution in [2.45, 2.75) is 32.2 Å². The van der Waals surface area contributed by atoms with Gasteiger partial charge in [-0.05, 0) is 99.8 Å². The molecule has 3 aromatic heterocycles. The number of hydrogen-bond acceptors (Lipinski definition) is 5. The van der Waals surface area contributed by atoms with Gasteiger partial charge < -0.3 is 9.88 Å². The van der Waals surface area contributed by atoms with Crippen molar-refractivity contribution in [2.24, 2.45) is 0 Å². The van der Waals surface area contributed by atoms with Crippen molar-refractivity contribution < 1.29 is 0 Å². The first kappa shape index (κ1) is 26.3. The molecule has 214 valence electrons. The van der Waals surface area contributed by atoms with Gasteiger partial charge in [-0.3, -0.25) is 4.98 Å². The smallest absolute Gasteiger partial charge is 0.164 e. The van der Waals surface area contributed by atoms with E-state index < -0.39 is 0 Å². The first-order chi connectivity index (χ1) is 21.8. The van der Waals surface area contributed by atoms with Gasteiger partial charge in [0.1, 0.15) is 5.52 Å². The Labute approximate surface area is 255 Å². The van der Waals surface area contributed by atoms with E-state index >= 15 is 0 Å². The Kier molecular flexibility index (Phi) is 6.80. The topological polar surface area (TPSA) is 68.5 Å². The standard InChI is InChI=1S/C33H25N5.C5H7N/c1-2-6-26-22(4-1)8-12-29-27-11-10-25(17-23(27)9-13-28(26)29)32-35-18-31-33(37-32)38(20-36-31)19-21-7-14-30-24(16-21)5-3-15-34-30;1-2-4-6-5-3-1/h3-5,7-12,14-18,20H,1-2,6,13,19H2;1-4,6H,5H2. The minimum absolute atomic E-state index is 0.689. The summed E-state index contributed by atoms with van der Waals surface area (Å²) >= 11 is 0. The molecule has 3 aliphatic rings. The lowest BCUT2D eigenvalue weighted by Gasteiger charge is -2.16. The van der Waals surface area contributed by atoms with Crippen molar-refractivity contribution in [3.8, 4) is 11.4 Å². The maximum atomic E-state index is 4.97. The molecule has 0 atom stereocenters. The van der Waals surface area contributed by atoms with Gasteiger partial charge in [0.25, 0.3) is 0 Å². The van der Waals surface area contributed by atoms with Gasteiger partial charge in [-0.2, -0.15) is 0 Å². The lowest BCUT2D eigenvalue weighted by molar-refractivity contribution is 0.814. The third kappa shape index (κ3) is 4.98. The second-order valence-electron chi connectivity index (χ2n) is 11.5. The molecule has 1 N–H and O–H groups in total. The summed E-state index contributed by atoms with van der Waals surface area (Å²) in [5.74, 6) is 0.726. The molecule has 0 radical (unpaired) electrons. The van der Waals surface area contributed by atoms with E-state index in [1.165, 1.54) is 51.3 Å². The van der Waals surface area contributed by atoms with E-state index in [1.807, 2.05) is 43.1 Å². The molecule has 44 heavy (non-hydrogen) atoms. The Hall–Kier alpha value is -5.36. The number of dihydropyridines is 1. The molecule has 6 nitrogen and oxygen atoms in total. The Bertz CT molecular complexity index is 2320. The fourth-order valence-corrected chi connectivity index (χ4v) is 6.48. The SMILES string of the molecule is C1=CCNC=C1.C1=c2ccc3c(c2CCC1)CC=c1cc(-c2ncc4ncn(Cc5ccc6ncccc6c5)c4n2)ccc1=3. The molecule has 3 aromatic carbocycles. The summed E-state index contributed by atoms with van der Waals surface area (Å²) in [6.45, 7) is 1.67. The molecule has 0 saturated carbocycles. The Balaban J connectivity index is 0.000000434. The summed E-state index contributed by atoms with van der Waals surface area (Å²) in [5, 5.41) is 9.53. The fourth-order valence-electron chi connectivity index (χ4n) is 6.48. The first-order valence-electron chi connectivity index (χ1n) is 15.3. The number of aromatic nitrogens is 5. The van der Waals surface area contributed by atoms with E-state index in [9.17, 15) is 0 Å². The van der Waals surface area contributed by atoms with Crippen LogP contribution in [0, 0.1) is 10.4 Å². The van der Waals surface area contributed by atoms with Gasteiger partial charge in [0.05, 0.1) is 24.6 Å². The molecule has 1 aliphatic heterocycles. The summed E-state index contributed by atoms with van der Waals surface area (Å²) in [6, 6.07) is 21.7. The minimum atomic E-state index is 0.689. The van der Waals surface area contributed by atoms with Crippen molar-refractivity contribution in [1.29, 1.82) is 0 Å². The van der Waals surface area contributed by atoms with Crippen LogP contribution < -0.4 is 15.8 Å². The lowest BCUT2D eigenvalue weighted by Crippen LogP contribution is -2.19. The molecule has 4 heterocycles. The number of fused-ring (bicyclic) bond motifs is 6. The second kappa shape index (κ2) is 11.4. The zero-order valence-electron chi connectivity index (χ0n) is 24.4. The van der Waals surface area contributed by atoms with Gasteiger partial charge in [-0.15, -0.1) is 0 Å². The Morgan fingerprint density at radius 3 is 2.68 bits per heavy atom. The highest BCUT2D eigenvalue weighted by molar-refractivity contribution is 5.79. The highest BCUT2D eigenvalue weighted by Crippen LogP contribution is 2.22. The molecule has 0 amide bonds. The molecule has 0 fully saturated rings. The van der Waals surface area contributed by atoms with E-state index in [1.54, 1.807) is 5.56 Å². The van der Waals surface area contributed by atoms with Crippen LogP contribution in [0.1, 0.15) is 29.5 Å². The summed E-state index contributed by atoms with van der Waals surface area (Å²) in [6.07, 6.45) is 22.9. The van der Waals surface area contributed by atoms with Crippen molar-refractivity contribution >= 4 is 34.2 Å². The molecular weight excluding hydrogens is 540 g/mol. The van der Waals surface area contributed by atoms with E-state index in [0.717, 1.165) is 46.4 Å². The number of imidazole rings is 1. The zero-order chi connectivity index (χ0) is 29.3. The van der Waals surface area contributed by atoms with Crippen molar-refractivity contribution in [1.82, 2.24) is 29.8 Å². The summed E-state index contributed by atoms with van der Waals surface area (Å²) in [4.78, 5) is 18.6. The number of nitrogens with zero attached hydrogens (tertiary/aromatic N) is 5. The van der Waals surface area contributed by atoms with E-state index in [4.69, 9.17) is 4.98 Å². The molecular formula is C38H32N6. The molecule has 0 spiro atoms. The maximum absolute atomic E-state index is 4.97.